The second kappa shape index (κ2) is 6.85. The van der Waals surface area contributed by atoms with Crippen molar-refractivity contribution in [1.82, 2.24) is 10.2 Å². The van der Waals surface area contributed by atoms with Gasteiger partial charge in [-0.2, -0.15) is 0 Å². The van der Waals surface area contributed by atoms with E-state index in [-0.39, 0.29) is 0 Å². The Labute approximate surface area is 129 Å². The predicted molar refractivity (Wildman–Crippen MR) is 88.5 cm³/mol. The number of aryl methyl sites for hydroxylation is 1. The van der Waals surface area contributed by atoms with Crippen molar-refractivity contribution in [2.24, 2.45) is 0 Å². The number of hydrogen-bond donors (Lipinski definition) is 1. The molecule has 2 heterocycles. The van der Waals surface area contributed by atoms with Crippen molar-refractivity contribution in [3.05, 3.63) is 44.3 Å². The van der Waals surface area contributed by atoms with Crippen LogP contribution in [0.5, 0.6) is 0 Å². The minimum atomic E-state index is 0.836. The first-order valence-electron chi connectivity index (χ1n) is 7.34. The maximum atomic E-state index is 3.58. The zero-order valence-electron chi connectivity index (χ0n) is 12.0. The van der Waals surface area contributed by atoms with Gasteiger partial charge < -0.3 is 5.32 Å². The van der Waals surface area contributed by atoms with Gasteiger partial charge in [0.25, 0.3) is 0 Å². The summed E-state index contributed by atoms with van der Waals surface area (Å²) in [4.78, 5) is 6.97. The van der Waals surface area contributed by atoms with E-state index in [4.69, 9.17) is 0 Å². The van der Waals surface area contributed by atoms with E-state index in [1.807, 2.05) is 22.7 Å². The molecular weight excluding hydrogens is 284 g/mol. The lowest BCUT2D eigenvalue weighted by atomic mass is 10.3. The van der Waals surface area contributed by atoms with Crippen LogP contribution in [0.25, 0.3) is 0 Å². The van der Waals surface area contributed by atoms with E-state index in [0.717, 1.165) is 32.2 Å². The summed E-state index contributed by atoms with van der Waals surface area (Å²) < 4.78 is 0. The summed E-state index contributed by atoms with van der Waals surface area (Å²) in [5, 5.41) is 5.76. The molecule has 0 radical (unpaired) electrons. The van der Waals surface area contributed by atoms with Crippen LogP contribution in [-0.2, 0) is 13.1 Å². The molecule has 0 amide bonds. The van der Waals surface area contributed by atoms with Crippen LogP contribution in [0.15, 0.2) is 29.6 Å². The van der Waals surface area contributed by atoms with Crippen LogP contribution >= 0.6 is 22.7 Å². The number of hydrogen-bond acceptors (Lipinski definition) is 4. The minimum Gasteiger partial charge on any atom is -0.311 e. The molecule has 4 heteroatoms. The van der Waals surface area contributed by atoms with E-state index < -0.39 is 0 Å². The summed E-state index contributed by atoms with van der Waals surface area (Å²) in [6, 6.07) is 9.68. The Bertz CT molecular complexity index is 514. The molecule has 108 valence electrons. The molecule has 0 aromatic carbocycles. The number of thiophene rings is 2. The molecule has 0 unspecified atom stereocenters. The Morgan fingerprint density at radius 1 is 1.25 bits per heavy atom. The van der Waals surface area contributed by atoms with E-state index in [2.05, 4.69) is 46.8 Å². The highest BCUT2D eigenvalue weighted by Crippen LogP contribution is 2.28. The van der Waals surface area contributed by atoms with Gasteiger partial charge in [0.1, 0.15) is 0 Å². The molecule has 2 aromatic rings. The number of rotatable bonds is 8. The second-order valence-corrected chi connectivity index (χ2v) is 7.87. The lowest BCUT2D eigenvalue weighted by Crippen LogP contribution is -2.32. The van der Waals surface area contributed by atoms with E-state index in [1.165, 1.54) is 27.5 Å². The lowest BCUT2D eigenvalue weighted by molar-refractivity contribution is 0.256. The Hall–Kier alpha value is -0.680. The van der Waals surface area contributed by atoms with Crippen molar-refractivity contribution in [2.75, 3.05) is 13.1 Å². The molecule has 1 fully saturated rings. The molecule has 3 rings (SSSR count). The summed E-state index contributed by atoms with van der Waals surface area (Å²) in [6.07, 6.45) is 2.77. The quantitative estimate of drug-likeness (QED) is 0.745. The van der Waals surface area contributed by atoms with E-state index in [0.29, 0.717) is 0 Å². The zero-order valence-corrected chi connectivity index (χ0v) is 13.6. The molecule has 0 bridgehead atoms. The van der Waals surface area contributed by atoms with Crippen LogP contribution in [0.1, 0.15) is 27.5 Å². The van der Waals surface area contributed by atoms with Crippen molar-refractivity contribution >= 4 is 22.7 Å². The summed E-state index contributed by atoms with van der Waals surface area (Å²) in [6.45, 7) is 6.55. The van der Waals surface area contributed by atoms with E-state index >= 15 is 0 Å². The first-order valence-corrected chi connectivity index (χ1v) is 9.03. The molecule has 0 aliphatic heterocycles. The smallest absolute Gasteiger partial charge is 0.0331 e. The fourth-order valence-corrected chi connectivity index (χ4v) is 4.04. The van der Waals surface area contributed by atoms with Crippen molar-refractivity contribution in [2.45, 2.75) is 38.9 Å². The van der Waals surface area contributed by atoms with Gasteiger partial charge in [-0.3, -0.25) is 4.90 Å². The van der Waals surface area contributed by atoms with Gasteiger partial charge in [0.2, 0.25) is 0 Å². The average molecular weight is 307 g/mol. The molecule has 0 atom stereocenters. The Morgan fingerprint density at radius 3 is 2.80 bits per heavy atom. The van der Waals surface area contributed by atoms with Crippen molar-refractivity contribution in [3.8, 4) is 0 Å². The van der Waals surface area contributed by atoms with Gasteiger partial charge in [0.05, 0.1) is 0 Å². The SMILES string of the molecule is Cc1ccc(CNCCN(Cc2cccs2)C2CC2)s1. The topological polar surface area (TPSA) is 15.3 Å². The maximum absolute atomic E-state index is 3.58. The van der Waals surface area contributed by atoms with Gasteiger partial charge in [-0.15, -0.1) is 22.7 Å². The number of nitrogens with zero attached hydrogens (tertiary/aromatic N) is 1. The molecule has 1 aliphatic carbocycles. The third-order valence-electron chi connectivity index (χ3n) is 3.67. The molecule has 2 nitrogen and oxygen atoms in total. The zero-order chi connectivity index (χ0) is 13.8. The predicted octanol–water partition coefficient (Wildman–Crippen LogP) is 3.87. The minimum absolute atomic E-state index is 0.836. The molecule has 1 aliphatic rings. The lowest BCUT2D eigenvalue weighted by Gasteiger charge is -2.21. The Balaban J connectivity index is 1.41. The first kappa shape index (κ1) is 14.3. The first-order chi connectivity index (χ1) is 9.81. The fourth-order valence-electron chi connectivity index (χ4n) is 2.45. The van der Waals surface area contributed by atoms with Gasteiger partial charge in [0.15, 0.2) is 0 Å². The van der Waals surface area contributed by atoms with Crippen LogP contribution in [-0.4, -0.2) is 24.0 Å². The molecule has 20 heavy (non-hydrogen) atoms. The Morgan fingerprint density at radius 2 is 2.15 bits per heavy atom. The van der Waals surface area contributed by atoms with Crippen LogP contribution < -0.4 is 5.32 Å². The summed E-state index contributed by atoms with van der Waals surface area (Å²) in [7, 11) is 0. The largest absolute Gasteiger partial charge is 0.311 e. The summed E-state index contributed by atoms with van der Waals surface area (Å²) in [5.41, 5.74) is 0. The van der Waals surface area contributed by atoms with Crippen LogP contribution in [0, 0.1) is 6.92 Å². The average Bonchev–Trinajstić information content (AvgIpc) is 3.00. The Kier molecular flexibility index (Phi) is 4.89. The normalized spacial score (nSPS) is 15.1. The highest BCUT2D eigenvalue weighted by Gasteiger charge is 2.28. The van der Waals surface area contributed by atoms with Crippen LogP contribution in [0.2, 0.25) is 0 Å². The molecule has 1 saturated carbocycles. The van der Waals surface area contributed by atoms with Gasteiger partial charge in [0, 0.05) is 46.9 Å². The maximum Gasteiger partial charge on any atom is 0.0331 e. The van der Waals surface area contributed by atoms with Crippen LogP contribution in [0.3, 0.4) is 0 Å². The monoisotopic (exact) mass is 306 g/mol. The van der Waals surface area contributed by atoms with Crippen LogP contribution in [0.4, 0.5) is 0 Å². The summed E-state index contributed by atoms with van der Waals surface area (Å²) in [5.74, 6) is 0. The summed E-state index contributed by atoms with van der Waals surface area (Å²) >= 11 is 3.77. The third-order valence-corrected chi connectivity index (χ3v) is 5.54. The van der Waals surface area contributed by atoms with E-state index in [1.54, 1.807) is 0 Å². The molecule has 0 spiro atoms. The highest BCUT2D eigenvalue weighted by atomic mass is 32.1. The van der Waals surface area contributed by atoms with Crippen molar-refractivity contribution in [3.63, 3.8) is 0 Å². The van der Waals surface area contributed by atoms with Gasteiger partial charge in [-0.25, -0.2) is 0 Å². The molecule has 0 saturated heterocycles. The van der Waals surface area contributed by atoms with E-state index in [9.17, 15) is 0 Å². The molecule has 1 N–H and O–H groups in total. The molecular formula is C16H22N2S2. The standard InChI is InChI=1S/C16H22N2S2/c1-13-4-7-15(20-13)11-17-8-9-18(14-5-6-14)12-16-3-2-10-19-16/h2-4,7,10,14,17H,5-6,8-9,11-12H2,1H3. The number of nitrogens with one attached hydrogen (secondary N) is 1. The third kappa shape index (κ3) is 4.16. The van der Waals surface area contributed by atoms with Gasteiger partial charge in [-0.1, -0.05) is 6.07 Å². The van der Waals surface area contributed by atoms with Gasteiger partial charge >= 0.3 is 0 Å². The van der Waals surface area contributed by atoms with Crippen molar-refractivity contribution < 1.29 is 0 Å². The second-order valence-electron chi connectivity index (χ2n) is 5.47. The molecule has 2 aromatic heterocycles. The highest BCUT2D eigenvalue weighted by molar-refractivity contribution is 7.11. The van der Waals surface area contributed by atoms with Crippen molar-refractivity contribution in [1.29, 1.82) is 0 Å². The fraction of sp³-hybridized carbons (Fsp3) is 0.500. The van der Waals surface area contributed by atoms with Gasteiger partial charge in [-0.05, 0) is 43.3 Å².